The summed E-state index contributed by atoms with van der Waals surface area (Å²) in [7, 11) is 0. The lowest BCUT2D eigenvalue weighted by atomic mass is 10.1. The van der Waals surface area contributed by atoms with Crippen LogP contribution in [0.1, 0.15) is 27.7 Å². The van der Waals surface area contributed by atoms with E-state index in [9.17, 15) is 9.59 Å². The molecule has 0 aliphatic rings. The Kier molecular flexibility index (Phi) is 7.21. The number of nitrogens with one attached hydrogen (secondary N) is 2. The largest absolute Gasteiger partial charge is 0.493 e. The van der Waals surface area contributed by atoms with Gasteiger partial charge in [-0.1, -0.05) is 41.9 Å². The van der Waals surface area contributed by atoms with Crippen LogP contribution in [-0.4, -0.2) is 29.9 Å². The monoisotopic (exact) mass is 429 g/mol. The molecule has 1 aromatic heterocycles. The zero-order valence-electron chi connectivity index (χ0n) is 15.8. The molecule has 0 saturated carbocycles. The molecular formula is C21H20ClN3O3S. The Morgan fingerprint density at radius 1 is 1.14 bits per heavy atom. The number of thiazole rings is 1. The number of para-hydroxylation sites is 1. The first kappa shape index (κ1) is 20.8. The van der Waals surface area contributed by atoms with E-state index in [1.54, 1.807) is 30.5 Å². The van der Waals surface area contributed by atoms with Crippen LogP contribution in [0.15, 0.2) is 54.7 Å². The van der Waals surface area contributed by atoms with E-state index in [-0.39, 0.29) is 18.4 Å². The molecule has 3 rings (SSSR count). The van der Waals surface area contributed by atoms with Crippen LogP contribution in [0.3, 0.4) is 0 Å². The van der Waals surface area contributed by atoms with Crippen LogP contribution < -0.4 is 15.4 Å². The maximum absolute atomic E-state index is 12.3. The molecule has 150 valence electrons. The second kappa shape index (κ2) is 10.0. The normalized spacial score (nSPS) is 10.4. The second-order valence-electron chi connectivity index (χ2n) is 6.06. The zero-order chi connectivity index (χ0) is 20.6. The van der Waals surface area contributed by atoms with Crippen molar-refractivity contribution in [2.75, 3.05) is 18.5 Å². The third-order valence-electron chi connectivity index (χ3n) is 3.96. The molecule has 2 aromatic carbocycles. The summed E-state index contributed by atoms with van der Waals surface area (Å²) in [4.78, 5) is 29.7. The van der Waals surface area contributed by atoms with E-state index in [1.807, 2.05) is 31.2 Å². The molecule has 0 radical (unpaired) electrons. The maximum Gasteiger partial charge on any atom is 0.255 e. The molecule has 0 unspecified atom stereocenters. The van der Waals surface area contributed by atoms with Crippen molar-refractivity contribution < 1.29 is 14.3 Å². The summed E-state index contributed by atoms with van der Waals surface area (Å²) >= 11 is 7.55. The summed E-state index contributed by atoms with van der Waals surface area (Å²) in [5.74, 6) is -0.245. The van der Waals surface area contributed by atoms with Crippen molar-refractivity contribution in [3.05, 3.63) is 75.8 Å². The summed E-state index contributed by atoms with van der Waals surface area (Å²) in [6.45, 7) is 2.13. The summed E-state index contributed by atoms with van der Waals surface area (Å²) < 4.78 is 5.44. The molecule has 8 heteroatoms. The van der Waals surface area contributed by atoms with Crippen LogP contribution in [0.5, 0.6) is 5.75 Å². The number of halogens is 1. The van der Waals surface area contributed by atoms with E-state index in [1.165, 1.54) is 11.3 Å². The van der Waals surface area contributed by atoms with Crippen molar-refractivity contribution in [3.8, 4) is 5.75 Å². The number of carbonyl (C=O) groups excluding carboxylic acids is 2. The highest BCUT2D eigenvalue weighted by Gasteiger charge is 2.14. The quantitative estimate of drug-likeness (QED) is 0.563. The Balaban J connectivity index is 1.53. The van der Waals surface area contributed by atoms with Crippen molar-refractivity contribution in [2.24, 2.45) is 0 Å². The Morgan fingerprint density at radius 3 is 2.69 bits per heavy atom. The summed E-state index contributed by atoms with van der Waals surface area (Å²) in [5, 5.41) is 6.47. The fourth-order valence-electron chi connectivity index (χ4n) is 2.63. The SMILES string of the molecule is CCOc1ccccc1C(=O)NCC(=O)Nc1ncc(Cc2ccccc2Cl)s1. The summed E-state index contributed by atoms with van der Waals surface area (Å²) in [5.41, 5.74) is 1.38. The fourth-order valence-corrected chi connectivity index (χ4v) is 3.69. The van der Waals surface area contributed by atoms with Gasteiger partial charge < -0.3 is 15.4 Å². The third-order valence-corrected chi connectivity index (χ3v) is 5.24. The predicted octanol–water partition coefficient (Wildman–Crippen LogP) is 4.15. The molecular weight excluding hydrogens is 410 g/mol. The van der Waals surface area contributed by atoms with Gasteiger partial charge in [0.05, 0.1) is 18.7 Å². The number of nitrogens with zero attached hydrogens (tertiary/aromatic N) is 1. The van der Waals surface area contributed by atoms with E-state index < -0.39 is 0 Å². The van der Waals surface area contributed by atoms with E-state index in [4.69, 9.17) is 16.3 Å². The van der Waals surface area contributed by atoms with Crippen LogP contribution in [0.25, 0.3) is 0 Å². The van der Waals surface area contributed by atoms with Crippen molar-refractivity contribution in [2.45, 2.75) is 13.3 Å². The molecule has 3 aromatic rings. The summed E-state index contributed by atoms with van der Waals surface area (Å²) in [6, 6.07) is 14.5. The smallest absolute Gasteiger partial charge is 0.255 e. The van der Waals surface area contributed by atoms with Crippen LogP contribution >= 0.6 is 22.9 Å². The maximum atomic E-state index is 12.3. The molecule has 0 saturated heterocycles. The molecule has 6 nitrogen and oxygen atoms in total. The highest BCUT2D eigenvalue weighted by atomic mass is 35.5. The Labute approximate surface area is 177 Å². The van der Waals surface area contributed by atoms with Crippen molar-refractivity contribution in [3.63, 3.8) is 0 Å². The molecule has 29 heavy (non-hydrogen) atoms. The lowest BCUT2D eigenvalue weighted by Crippen LogP contribution is -2.33. The lowest BCUT2D eigenvalue weighted by Gasteiger charge is -2.10. The van der Waals surface area contributed by atoms with Gasteiger partial charge in [0.1, 0.15) is 5.75 Å². The van der Waals surface area contributed by atoms with E-state index >= 15 is 0 Å². The predicted molar refractivity (Wildman–Crippen MR) is 115 cm³/mol. The van der Waals surface area contributed by atoms with E-state index in [0.29, 0.717) is 34.5 Å². The van der Waals surface area contributed by atoms with Crippen molar-refractivity contribution in [1.82, 2.24) is 10.3 Å². The number of ether oxygens (including phenoxy) is 1. The second-order valence-corrected chi connectivity index (χ2v) is 7.58. The molecule has 1 heterocycles. The van der Waals surface area contributed by atoms with Gasteiger partial charge in [0.25, 0.3) is 5.91 Å². The minimum atomic E-state index is -0.372. The molecule has 0 aliphatic heterocycles. The lowest BCUT2D eigenvalue weighted by molar-refractivity contribution is -0.115. The molecule has 2 amide bonds. The van der Waals surface area contributed by atoms with Crippen LogP contribution in [0, 0.1) is 0 Å². The van der Waals surface area contributed by atoms with Gasteiger partial charge in [-0.05, 0) is 30.7 Å². The average molecular weight is 430 g/mol. The Bertz CT molecular complexity index is 1010. The summed E-state index contributed by atoms with van der Waals surface area (Å²) in [6.07, 6.45) is 2.35. The standard InChI is InChI=1S/C21H20ClN3O3S/c1-2-28-18-10-6-4-8-16(18)20(27)23-13-19(26)25-21-24-12-15(29-21)11-14-7-3-5-9-17(14)22/h3-10,12H,2,11,13H2,1H3,(H,23,27)(H,24,25,26). The number of anilines is 1. The van der Waals surface area contributed by atoms with Gasteiger partial charge in [0.2, 0.25) is 5.91 Å². The average Bonchev–Trinajstić information content (AvgIpc) is 3.15. The first-order chi connectivity index (χ1) is 14.1. The van der Waals surface area contributed by atoms with Crippen LogP contribution in [-0.2, 0) is 11.2 Å². The number of rotatable bonds is 8. The van der Waals surface area contributed by atoms with Gasteiger partial charge in [-0.15, -0.1) is 11.3 Å². The van der Waals surface area contributed by atoms with Gasteiger partial charge in [0.15, 0.2) is 5.13 Å². The van der Waals surface area contributed by atoms with Crippen molar-refractivity contribution >= 4 is 39.9 Å². The molecule has 0 spiro atoms. The van der Waals surface area contributed by atoms with Gasteiger partial charge >= 0.3 is 0 Å². The molecule has 0 atom stereocenters. The minimum Gasteiger partial charge on any atom is -0.493 e. The highest BCUT2D eigenvalue weighted by molar-refractivity contribution is 7.15. The van der Waals surface area contributed by atoms with Crippen molar-refractivity contribution in [1.29, 1.82) is 0 Å². The number of hydrogen-bond donors (Lipinski definition) is 2. The zero-order valence-corrected chi connectivity index (χ0v) is 17.3. The van der Waals surface area contributed by atoms with E-state index in [2.05, 4.69) is 15.6 Å². The molecule has 0 aliphatic carbocycles. The van der Waals surface area contributed by atoms with Gasteiger partial charge in [-0.2, -0.15) is 0 Å². The first-order valence-corrected chi connectivity index (χ1v) is 10.2. The van der Waals surface area contributed by atoms with Crippen LogP contribution in [0.4, 0.5) is 5.13 Å². The van der Waals surface area contributed by atoms with Gasteiger partial charge in [-0.25, -0.2) is 4.98 Å². The topological polar surface area (TPSA) is 80.3 Å². The molecule has 2 N–H and O–H groups in total. The molecule has 0 bridgehead atoms. The molecule has 0 fully saturated rings. The Morgan fingerprint density at radius 2 is 1.90 bits per heavy atom. The first-order valence-electron chi connectivity index (χ1n) is 9.04. The third kappa shape index (κ3) is 5.79. The number of aromatic nitrogens is 1. The van der Waals surface area contributed by atoms with Gasteiger partial charge in [0, 0.05) is 22.5 Å². The fraction of sp³-hybridized carbons (Fsp3) is 0.190. The van der Waals surface area contributed by atoms with E-state index in [0.717, 1.165) is 10.4 Å². The minimum absolute atomic E-state index is 0.168. The number of amides is 2. The van der Waals surface area contributed by atoms with Gasteiger partial charge in [-0.3, -0.25) is 9.59 Å². The number of carbonyl (C=O) groups is 2. The van der Waals surface area contributed by atoms with Crippen LogP contribution in [0.2, 0.25) is 5.02 Å². The number of hydrogen-bond acceptors (Lipinski definition) is 5. The number of benzene rings is 2. The highest BCUT2D eigenvalue weighted by Crippen LogP contribution is 2.24. The Hall–Kier alpha value is -2.90.